The number of ether oxygens (including phenoxy) is 1. The minimum atomic E-state index is -4.34. The van der Waals surface area contributed by atoms with Crippen LogP contribution in [0.15, 0.2) is 12.3 Å². The highest BCUT2D eigenvalue weighted by Crippen LogP contribution is 2.40. The number of aryl methyl sites for hydroxylation is 1. The van der Waals surface area contributed by atoms with E-state index in [1.54, 1.807) is 17.6 Å². The Bertz CT molecular complexity index is 1040. The molecule has 2 heterocycles. The third kappa shape index (κ3) is 5.98. The molecule has 0 spiro atoms. The lowest BCUT2D eigenvalue weighted by molar-refractivity contribution is -0.211. The van der Waals surface area contributed by atoms with Gasteiger partial charge in [-0.1, -0.05) is 40.5 Å². The lowest BCUT2D eigenvalue weighted by atomic mass is 9.83. The maximum Gasteiger partial charge on any atom is 0.394 e. The first-order valence-corrected chi connectivity index (χ1v) is 12.3. The van der Waals surface area contributed by atoms with Crippen LogP contribution in [0.4, 0.5) is 13.2 Å². The molecule has 0 atom stereocenters. The van der Waals surface area contributed by atoms with Crippen molar-refractivity contribution in [2.45, 2.75) is 79.3 Å². The molecule has 6 nitrogen and oxygen atoms in total. The summed E-state index contributed by atoms with van der Waals surface area (Å²) in [4.78, 5) is 22.0. The summed E-state index contributed by atoms with van der Waals surface area (Å²) in [6.07, 6.45) is 2.04. The summed E-state index contributed by atoms with van der Waals surface area (Å²) in [5.41, 5.74) is -0.533. The number of carbonyl (C=O) groups excluding carboxylic acids is 1. The van der Waals surface area contributed by atoms with E-state index in [2.05, 4.69) is 22.2 Å². The molecular formula is C26H37F3N4O2. The zero-order valence-electron chi connectivity index (χ0n) is 21.6. The first kappa shape index (κ1) is 27.0. The maximum absolute atomic E-state index is 13.4. The fourth-order valence-corrected chi connectivity index (χ4v) is 4.65. The summed E-state index contributed by atoms with van der Waals surface area (Å²) in [7, 11) is 1.45. The van der Waals surface area contributed by atoms with E-state index in [0.717, 1.165) is 18.8 Å². The molecule has 1 saturated carbocycles. The van der Waals surface area contributed by atoms with Crippen LogP contribution in [0.3, 0.4) is 0 Å². The SMILES string of the molecule is CCc1nc(C(=O)NCC2CCC(C)CC2)c(C)n1-c1ncc(CC(C)(C)C(F)(F)F)cc1OC. The molecule has 0 aromatic carbocycles. The van der Waals surface area contributed by atoms with Crippen molar-refractivity contribution in [1.82, 2.24) is 19.9 Å². The van der Waals surface area contributed by atoms with Crippen LogP contribution in [0.1, 0.15) is 80.9 Å². The average molecular weight is 495 g/mol. The number of pyridine rings is 1. The lowest BCUT2D eigenvalue weighted by Gasteiger charge is -2.27. The predicted octanol–water partition coefficient (Wildman–Crippen LogP) is 5.83. The van der Waals surface area contributed by atoms with Gasteiger partial charge in [0.1, 0.15) is 11.5 Å². The van der Waals surface area contributed by atoms with E-state index in [4.69, 9.17) is 4.74 Å². The molecule has 194 valence electrons. The molecule has 0 bridgehead atoms. The third-order valence-electron chi connectivity index (χ3n) is 7.13. The quantitative estimate of drug-likeness (QED) is 0.501. The Balaban J connectivity index is 1.86. The van der Waals surface area contributed by atoms with Crippen molar-refractivity contribution in [2.24, 2.45) is 17.3 Å². The summed E-state index contributed by atoms with van der Waals surface area (Å²) in [5.74, 6) is 2.38. The fraction of sp³-hybridized carbons (Fsp3) is 0.654. The molecular weight excluding hydrogens is 457 g/mol. The number of nitrogens with zero attached hydrogens (tertiary/aromatic N) is 3. The summed E-state index contributed by atoms with van der Waals surface area (Å²) < 4.78 is 47.4. The molecule has 9 heteroatoms. The minimum absolute atomic E-state index is 0.225. The van der Waals surface area contributed by atoms with Gasteiger partial charge in [0, 0.05) is 19.2 Å². The largest absolute Gasteiger partial charge is 0.493 e. The Morgan fingerprint density at radius 2 is 1.89 bits per heavy atom. The molecule has 0 unspecified atom stereocenters. The number of imidazole rings is 1. The molecule has 35 heavy (non-hydrogen) atoms. The summed E-state index contributed by atoms with van der Waals surface area (Å²) >= 11 is 0. The smallest absolute Gasteiger partial charge is 0.394 e. The number of hydrogen-bond acceptors (Lipinski definition) is 4. The van der Waals surface area contributed by atoms with Crippen LogP contribution in [0.5, 0.6) is 5.75 Å². The van der Waals surface area contributed by atoms with E-state index in [-0.39, 0.29) is 12.3 Å². The molecule has 1 aliphatic rings. The molecule has 0 aliphatic heterocycles. The van der Waals surface area contributed by atoms with Gasteiger partial charge in [-0.25, -0.2) is 9.97 Å². The van der Waals surface area contributed by atoms with Crippen molar-refractivity contribution in [3.63, 3.8) is 0 Å². The zero-order chi connectivity index (χ0) is 26.0. The fourth-order valence-electron chi connectivity index (χ4n) is 4.65. The number of amides is 1. The second-order valence-corrected chi connectivity index (χ2v) is 10.4. The molecule has 3 rings (SSSR count). The number of hydrogen-bond donors (Lipinski definition) is 1. The van der Waals surface area contributed by atoms with E-state index >= 15 is 0 Å². The van der Waals surface area contributed by atoms with Crippen molar-refractivity contribution in [1.29, 1.82) is 0 Å². The van der Waals surface area contributed by atoms with Gasteiger partial charge in [0.2, 0.25) is 0 Å². The predicted molar refractivity (Wildman–Crippen MR) is 129 cm³/mol. The van der Waals surface area contributed by atoms with Gasteiger partial charge in [-0.05, 0) is 49.7 Å². The minimum Gasteiger partial charge on any atom is -0.493 e. The topological polar surface area (TPSA) is 69.0 Å². The number of halogens is 3. The zero-order valence-corrected chi connectivity index (χ0v) is 21.6. The van der Waals surface area contributed by atoms with Crippen molar-refractivity contribution in [2.75, 3.05) is 13.7 Å². The first-order chi connectivity index (χ1) is 16.4. The number of aromatic nitrogens is 3. The number of methoxy groups -OCH3 is 1. The standard InChI is InChI=1S/C26H37F3N4O2/c1-7-21-32-22(24(34)31-14-18-10-8-16(2)9-11-18)17(3)33(21)23-20(35-6)12-19(15-30-23)13-25(4,5)26(27,28)29/h12,15-16,18H,7-11,13-14H2,1-6H3,(H,31,34). The molecule has 1 fully saturated rings. The van der Waals surface area contributed by atoms with Gasteiger partial charge in [0.15, 0.2) is 11.6 Å². The Morgan fingerprint density at radius 1 is 1.23 bits per heavy atom. The number of alkyl halides is 3. The lowest BCUT2D eigenvalue weighted by Crippen LogP contribution is -2.34. The highest BCUT2D eigenvalue weighted by atomic mass is 19.4. The van der Waals surface area contributed by atoms with E-state index in [1.165, 1.54) is 40.0 Å². The average Bonchev–Trinajstić information content (AvgIpc) is 3.13. The van der Waals surface area contributed by atoms with Gasteiger partial charge in [0.25, 0.3) is 5.91 Å². The van der Waals surface area contributed by atoms with Crippen molar-refractivity contribution in [3.8, 4) is 11.6 Å². The van der Waals surface area contributed by atoms with Crippen LogP contribution in [-0.2, 0) is 12.8 Å². The van der Waals surface area contributed by atoms with E-state index in [1.807, 2.05) is 6.92 Å². The summed E-state index contributed by atoms with van der Waals surface area (Å²) in [5, 5.41) is 3.05. The normalized spacial score (nSPS) is 19.0. The highest BCUT2D eigenvalue weighted by Gasteiger charge is 2.47. The highest BCUT2D eigenvalue weighted by molar-refractivity contribution is 5.93. The Kier molecular flexibility index (Phi) is 8.17. The van der Waals surface area contributed by atoms with Crippen molar-refractivity contribution < 1.29 is 22.7 Å². The summed E-state index contributed by atoms with van der Waals surface area (Å²) in [6.45, 7) is 8.96. The third-order valence-corrected chi connectivity index (χ3v) is 7.13. The van der Waals surface area contributed by atoms with Crippen molar-refractivity contribution >= 4 is 5.91 Å². The van der Waals surface area contributed by atoms with Gasteiger partial charge in [-0.3, -0.25) is 9.36 Å². The Hall–Kier alpha value is -2.58. The van der Waals surface area contributed by atoms with Crippen LogP contribution >= 0.6 is 0 Å². The van der Waals surface area contributed by atoms with Crippen LogP contribution < -0.4 is 10.1 Å². The van der Waals surface area contributed by atoms with Gasteiger partial charge in [-0.2, -0.15) is 13.2 Å². The van der Waals surface area contributed by atoms with E-state index in [0.29, 0.717) is 53.2 Å². The van der Waals surface area contributed by atoms with Crippen LogP contribution in [0.25, 0.3) is 5.82 Å². The molecule has 1 aliphatic carbocycles. The second kappa shape index (κ2) is 10.6. The first-order valence-electron chi connectivity index (χ1n) is 12.3. The van der Waals surface area contributed by atoms with Crippen LogP contribution in [0, 0.1) is 24.2 Å². The van der Waals surface area contributed by atoms with Gasteiger partial charge in [-0.15, -0.1) is 0 Å². The molecule has 2 aromatic rings. The Labute approximate surface area is 205 Å². The van der Waals surface area contributed by atoms with Crippen LogP contribution in [0.2, 0.25) is 0 Å². The number of carbonyl (C=O) groups is 1. The molecule has 1 amide bonds. The van der Waals surface area contributed by atoms with Crippen molar-refractivity contribution in [3.05, 3.63) is 35.0 Å². The second-order valence-electron chi connectivity index (χ2n) is 10.4. The maximum atomic E-state index is 13.4. The van der Waals surface area contributed by atoms with Crippen LogP contribution in [-0.4, -0.2) is 40.3 Å². The molecule has 0 radical (unpaired) electrons. The molecule has 1 N–H and O–H groups in total. The van der Waals surface area contributed by atoms with E-state index < -0.39 is 11.6 Å². The molecule has 0 saturated heterocycles. The number of rotatable bonds is 8. The number of nitrogens with one attached hydrogen (secondary N) is 1. The van der Waals surface area contributed by atoms with Gasteiger partial charge in [0.05, 0.1) is 18.2 Å². The monoisotopic (exact) mass is 494 g/mol. The van der Waals surface area contributed by atoms with E-state index in [9.17, 15) is 18.0 Å². The van der Waals surface area contributed by atoms with Gasteiger partial charge >= 0.3 is 6.18 Å². The molecule has 2 aromatic heterocycles. The Morgan fingerprint density at radius 3 is 2.46 bits per heavy atom. The van der Waals surface area contributed by atoms with Gasteiger partial charge < -0.3 is 10.1 Å². The summed E-state index contributed by atoms with van der Waals surface area (Å²) in [6, 6.07) is 1.58.